The fourth-order valence-corrected chi connectivity index (χ4v) is 2.70. The van der Waals surface area contributed by atoms with Gasteiger partial charge in [0.2, 0.25) is 0 Å². The maximum absolute atomic E-state index is 12.0. The SMILES string of the molecule is C=CCOC(=O)[C@@H]1C[C@@H](O)CN1C(=O)OC(C)(C)C.O=C(O)[C@@H]1C[C@@H](O)CN1. The van der Waals surface area contributed by atoms with Crippen LogP contribution in [0.1, 0.15) is 33.6 Å². The highest BCUT2D eigenvalue weighted by Gasteiger charge is 2.41. The molecule has 0 aliphatic carbocycles. The number of hydrogen-bond acceptors (Lipinski definition) is 8. The number of aliphatic hydroxyl groups excluding tert-OH is 2. The van der Waals surface area contributed by atoms with Gasteiger partial charge in [0.1, 0.15) is 24.3 Å². The van der Waals surface area contributed by atoms with E-state index in [0.717, 1.165) is 0 Å². The summed E-state index contributed by atoms with van der Waals surface area (Å²) in [5.41, 5.74) is -0.653. The molecule has 160 valence electrons. The van der Waals surface area contributed by atoms with Gasteiger partial charge in [-0.3, -0.25) is 9.69 Å². The Labute approximate surface area is 164 Å². The summed E-state index contributed by atoms with van der Waals surface area (Å²) in [5.74, 6) is -1.44. The summed E-state index contributed by atoms with van der Waals surface area (Å²) >= 11 is 0. The molecule has 0 aromatic rings. The van der Waals surface area contributed by atoms with Crippen molar-refractivity contribution in [1.29, 1.82) is 0 Å². The predicted molar refractivity (Wildman–Crippen MR) is 98.6 cm³/mol. The lowest BCUT2D eigenvalue weighted by Crippen LogP contribution is -2.44. The Kier molecular flexibility index (Phi) is 8.86. The molecule has 0 spiro atoms. The number of likely N-dealkylation sites (tertiary alicyclic amines) is 1. The third-order valence-electron chi connectivity index (χ3n) is 3.93. The van der Waals surface area contributed by atoms with Gasteiger partial charge in [0.25, 0.3) is 0 Å². The van der Waals surface area contributed by atoms with Crippen LogP contribution in [0.4, 0.5) is 4.79 Å². The number of carbonyl (C=O) groups excluding carboxylic acids is 2. The lowest BCUT2D eigenvalue weighted by atomic mass is 10.2. The number of rotatable bonds is 4. The summed E-state index contributed by atoms with van der Waals surface area (Å²) < 4.78 is 10.1. The van der Waals surface area contributed by atoms with Crippen LogP contribution >= 0.6 is 0 Å². The molecule has 28 heavy (non-hydrogen) atoms. The Hall–Kier alpha value is -2.17. The molecule has 2 fully saturated rings. The van der Waals surface area contributed by atoms with Crippen LogP contribution in [0.25, 0.3) is 0 Å². The Bertz CT molecular complexity index is 574. The Morgan fingerprint density at radius 3 is 2.29 bits per heavy atom. The molecule has 1 amide bonds. The van der Waals surface area contributed by atoms with Crippen molar-refractivity contribution in [2.75, 3.05) is 19.7 Å². The van der Waals surface area contributed by atoms with Gasteiger partial charge in [-0.15, -0.1) is 0 Å². The number of nitrogens with one attached hydrogen (secondary N) is 1. The molecule has 2 aliphatic rings. The van der Waals surface area contributed by atoms with Crippen molar-refractivity contribution in [2.24, 2.45) is 0 Å². The van der Waals surface area contributed by atoms with Crippen LogP contribution in [-0.2, 0) is 19.1 Å². The number of hydrogen-bond donors (Lipinski definition) is 4. The normalized spacial score (nSPS) is 26.8. The molecule has 0 bridgehead atoms. The van der Waals surface area contributed by atoms with Crippen LogP contribution in [0.3, 0.4) is 0 Å². The number of nitrogens with zero attached hydrogens (tertiary/aromatic N) is 1. The molecule has 0 unspecified atom stereocenters. The Morgan fingerprint density at radius 1 is 1.21 bits per heavy atom. The van der Waals surface area contributed by atoms with Gasteiger partial charge in [-0.1, -0.05) is 12.7 Å². The maximum Gasteiger partial charge on any atom is 0.411 e. The fourth-order valence-electron chi connectivity index (χ4n) is 2.70. The Balaban J connectivity index is 0.000000362. The minimum absolute atomic E-state index is 0.0722. The quantitative estimate of drug-likeness (QED) is 0.373. The highest BCUT2D eigenvalue weighted by molar-refractivity contribution is 5.82. The van der Waals surface area contributed by atoms with Crippen LogP contribution in [-0.4, -0.2) is 87.8 Å². The molecule has 2 rings (SSSR count). The molecule has 10 nitrogen and oxygen atoms in total. The van der Waals surface area contributed by atoms with E-state index >= 15 is 0 Å². The molecule has 2 heterocycles. The van der Waals surface area contributed by atoms with E-state index in [1.165, 1.54) is 11.0 Å². The number of carboxylic acid groups (broad SMARTS) is 1. The second-order valence-corrected chi connectivity index (χ2v) is 7.65. The summed E-state index contributed by atoms with van der Waals surface area (Å²) in [6, 6.07) is -1.34. The van der Waals surface area contributed by atoms with E-state index in [9.17, 15) is 19.5 Å². The van der Waals surface area contributed by atoms with E-state index < -0.39 is 47.9 Å². The number of aliphatic carboxylic acids is 1. The van der Waals surface area contributed by atoms with E-state index in [1.807, 2.05) is 0 Å². The average Bonchev–Trinajstić information content (AvgIpc) is 3.17. The number of carbonyl (C=O) groups is 3. The molecule has 4 N–H and O–H groups in total. The van der Waals surface area contributed by atoms with Gasteiger partial charge in [-0.05, 0) is 20.8 Å². The topological polar surface area (TPSA) is 146 Å². The zero-order chi connectivity index (χ0) is 21.5. The molecule has 0 aromatic carbocycles. The smallest absolute Gasteiger partial charge is 0.411 e. The Morgan fingerprint density at radius 2 is 1.86 bits per heavy atom. The highest BCUT2D eigenvalue weighted by Crippen LogP contribution is 2.22. The van der Waals surface area contributed by atoms with Crippen molar-refractivity contribution in [3.63, 3.8) is 0 Å². The number of amides is 1. The maximum atomic E-state index is 12.0. The number of aliphatic hydroxyl groups is 2. The average molecular weight is 402 g/mol. The van der Waals surface area contributed by atoms with Gasteiger partial charge >= 0.3 is 18.0 Å². The minimum Gasteiger partial charge on any atom is -0.480 e. The van der Waals surface area contributed by atoms with Gasteiger partial charge in [-0.25, -0.2) is 9.59 Å². The molecule has 0 radical (unpaired) electrons. The second kappa shape index (κ2) is 10.4. The van der Waals surface area contributed by atoms with Crippen molar-refractivity contribution in [3.8, 4) is 0 Å². The first-order chi connectivity index (χ1) is 12.9. The van der Waals surface area contributed by atoms with Crippen LogP contribution in [0.2, 0.25) is 0 Å². The molecule has 2 saturated heterocycles. The summed E-state index contributed by atoms with van der Waals surface area (Å²) in [7, 11) is 0. The monoisotopic (exact) mass is 402 g/mol. The number of ether oxygens (including phenoxy) is 2. The van der Waals surface area contributed by atoms with Crippen molar-refractivity contribution in [1.82, 2.24) is 10.2 Å². The molecule has 10 heteroatoms. The van der Waals surface area contributed by atoms with E-state index in [1.54, 1.807) is 20.8 Å². The van der Waals surface area contributed by atoms with E-state index in [2.05, 4.69) is 11.9 Å². The molecular formula is C18H30N2O8. The van der Waals surface area contributed by atoms with Gasteiger partial charge in [0, 0.05) is 19.4 Å². The van der Waals surface area contributed by atoms with Crippen molar-refractivity contribution in [3.05, 3.63) is 12.7 Å². The zero-order valence-corrected chi connectivity index (χ0v) is 16.5. The third kappa shape index (κ3) is 7.83. The molecule has 4 atom stereocenters. The first-order valence-electron chi connectivity index (χ1n) is 9.04. The first kappa shape index (κ1) is 23.9. The molecular weight excluding hydrogens is 372 g/mol. The number of esters is 1. The van der Waals surface area contributed by atoms with Crippen molar-refractivity contribution in [2.45, 2.75) is 63.5 Å². The first-order valence-corrected chi connectivity index (χ1v) is 9.04. The standard InChI is InChI=1S/C13H21NO5.C5H9NO3/c1-5-6-18-11(16)10-7-9(15)8-14(10)12(17)19-13(2,3)4;7-3-1-4(5(8)9)6-2-3/h5,9-10,15H,1,6-8H2,2-4H3;3-4,6-7H,1-2H2,(H,8,9)/t9-,10+;3-,4+/m11/s1. The molecule has 2 aliphatic heterocycles. The van der Waals surface area contributed by atoms with Crippen LogP contribution in [0.15, 0.2) is 12.7 Å². The van der Waals surface area contributed by atoms with Gasteiger partial charge in [0.05, 0.1) is 18.8 Å². The van der Waals surface area contributed by atoms with Crippen molar-refractivity contribution >= 4 is 18.0 Å². The van der Waals surface area contributed by atoms with Gasteiger partial charge in [0.15, 0.2) is 0 Å². The van der Waals surface area contributed by atoms with E-state index in [4.69, 9.17) is 19.7 Å². The predicted octanol–water partition coefficient (Wildman–Crippen LogP) is -0.120. The van der Waals surface area contributed by atoms with Crippen LogP contribution in [0.5, 0.6) is 0 Å². The summed E-state index contributed by atoms with van der Waals surface area (Å²) in [5, 5.41) is 29.5. The number of carboxylic acids is 1. The van der Waals surface area contributed by atoms with E-state index in [-0.39, 0.29) is 19.6 Å². The molecule has 0 saturated carbocycles. The zero-order valence-electron chi connectivity index (χ0n) is 16.5. The van der Waals surface area contributed by atoms with Crippen LogP contribution < -0.4 is 5.32 Å². The van der Waals surface area contributed by atoms with Gasteiger partial charge in [-0.2, -0.15) is 0 Å². The highest BCUT2D eigenvalue weighted by atomic mass is 16.6. The number of β-amino-alcohol motifs (C(OH)–C–C–N with tert-alkyl or cyclic N) is 2. The van der Waals surface area contributed by atoms with Gasteiger partial charge < -0.3 is 30.1 Å². The summed E-state index contributed by atoms with van der Waals surface area (Å²) in [4.78, 5) is 35.1. The minimum atomic E-state index is -0.883. The fraction of sp³-hybridized carbons (Fsp3) is 0.722. The largest absolute Gasteiger partial charge is 0.480 e. The summed E-state index contributed by atoms with van der Waals surface area (Å²) in [6.07, 6.45) is 0.0931. The summed E-state index contributed by atoms with van der Waals surface area (Å²) in [6.45, 7) is 9.21. The van der Waals surface area contributed by atoms with Crippen LogP contribution in [0, 0.1) is 0 Å². The van der Waals surface area contributed by atoms with Crippen molar-refractivity contribution < 1.29 is 39.2 Å². The second-order valence-electron chi connectivity index (χ2n) is 7.65. The lowest BCUT2D eigenvalue weighted by molar-refractivity contribution is -0.147. The third-order valence-corrected chi connectivity index (χ3v) is 3.93. The molecule has 0 aromatic heterocycles. The lowest BCUT2D eigenvalue weighted by Gasteiger charge is -2.27. The van der Waals surface area contributed by atoms with E-state index in [0.29, 0.717) is 13.0 Å².